The van der Waals surface area contributed by atoms with E-state index >= 15 is 0 Å². The molecule has 0 radical (unpaired) electrons. The highest BCUT2D eigenvalue weighted by Crippen LogP contribution is 2.23. The monoisotopic (exact) mass is 373 g/mol. The minimum absolute atomic E-state index is 0.533. The van der Waals surface area contributed by atoms with E-state index < -0.39 is 0 Å². The molecule has 3 N–H and O–H groups in total. The molecule has 0 aliphatic carbocycles. The number of aryl methyl sites for hydroxylation is 1. The standard InChI is InChI=1S/C15H16BrN7/c1-2-11-6-13(23-22-11)20-14-12(16)9-19-15(21-14)18-8-10-4-3-5-17-7-10/h3-7,9H,2,8H2,1H3,(H3,18,19,20,21,22,23). The van der Waals surface area contributed by atoms with E-state index in [2.05, 4.69) is 58.6 Å². The first kappa shape index (κ1) is 15.4. The first-order chi connectivity index (χ1) is 11.2. The highest BCUT2D eigenvalue weighted by Gasteiger charge is 2.07. The van der Waals surface area contributed by atoms with Gasteiger partial charge in [-0.1, -0.05) is 13.0 Å². The first-order valence-corrected chi connectivity index (χ1v) is 8.00. The quantitative estimate of drug-likeness (QED) is 0.614. The molecule has 8 heteroatoms. The molecule has 23 heavy (non-hydrogen) atoms. The Morgan fingerprint density at radius 2 is 2.22 bits per heavy atom. The highest BCUT2D eigenvalue weighted by atomic mass is 79.9. The van der Waals surface area contributed by atoms with Crippen LogP contribution < -0.4 is 10.6 Å². The van der Waals surface area contributed by atoms with Crippen molar-refractivity contribution in [2.24, 2.45) is 0 Å². The lowest BCUT2D eigenvalue weighted by atomic mass is 10.3. The van der Waals surface area contributed by atoms with Crippen LogP contribution in [0.3, 0.4) is 0 Å². The topological polar surface area (TPSA) is 91.4 Å². The Morgan fingerprint density at radius 1 is 1.30 bits per heavy atom. The number of rotatable bonds is 6. The summed E-state index contributed by atoms with van der Waals surface area (Å²) in [6, 6.07) is 5.85. The summed E-state index contributed by atoms with van der Waals surface area (Å²) >= 11 is 3.44. The molecule has 0 aliphatic rings. The number of nitrogens with one attached hydrogen (secondary N) is 3. The maximum Gasteiger partial charge on any atom is 0.224 e. The third kappa shape index (κ3) is 4.04. The van der Waals surface area contributed by atoms with E-state index in [0.29, 0.717) is 18.3 Å². The molecule has 0 aliphatic heterocycles. The Balaban J connectivity index is 1.71. The van der Waals surface area contributed by atoms with Crippen molar-refractivity contribution in [1.29, 1.82) is 0 Å². The molecule has 3 aromatic heterocycles. The van der Waals surface area contributed by atoms with Gasteiger partial charge in [0.25, 0.3) is 0 Å². The fourth-order valence-electron chi connectivity index (χ4n) is 1.95. The van der Waals surface area contributed by atoms with E-state index in [4.69, 9.17) is 0 Å². The predicted octanol–water partition coefficient (Wildman–Crippen LogP) is 3.28. The smallest absolute Gasteiger partial charge is 0.224 e. The Morgan fingerprint density at radius 3 is 2.96 bits per heavy atom. The molecule has 3 aromatic rings. The maximum atomic E-state index is 4.46. The van der Waals surface area contributed by atoms with Crippen molar-refractivity contribution < 1.29 is 0 Å². The lowest BCUT2D eigenvalue weighted by Crippen LogP contribution is -2.06. The molecule has 0 amide bonds. The highest BCUT2D eigenvalue weighted by molar-refractivity contribution is 9.10. The predicted molar refractivity (Wildman–Crippen MR) is 92.5 cm³/mol. The van der Waals surface area contributed by atoms with Gasteiger partial charge >= 0.3 is 0 Å². The molecule has 0 bridgehead atoms. The molecule has 0 aromatic carbocycles. The van der Waals surface area contributed by atoms with Gasteiger partial charge in [-0.05, 0) is 34.0 Å². The molecule has 3 heterocycles. The van der Waals surface area contributed by atoms with Crippen LogP contribution in [0, 0.1) is 0 Å². The Kier molecular flexibility index (Phi) is 4.82. The summed E-state index contributed by atoms with van der Waals surface area (Å²) in [5.41, 5.74) is 2.13. The zero-order chi connectivity index (χ0) is 16.1. The first-order valence-electron chi connectivity index (χ1n) is 7.21. The molecule has 3 rings (SSSR count). The number of H-pyrrole nitrogens is 1. The largest absolute Gasteiger partial charge is 0.350 e. The summed E-state index contributed by atoms with van der Waals surface area (Å²) in [6.07, 6.45) is 6.16. The Hall–Kier alpha value is -2.48. The van der Waals surface area contributed by atoms with Gasteiger partial charge in [-0.15, -0.1) is 0 Å². The number of pyridine rings is 1. The molecular weight excluding hydrogens is 358 g/mol. The van der Waals surface area contributed by atoms with Crippen LogP contribution in [0.1, 0.15) is 18.2 Å². The number of aromatic amines is 1. The van der Waals surface area contributed by atoms with Gasteiger partial charge in [0, 0.05) is 36.9 Å². The van der Waals surface area contributed by atoms with Crippen LogP contribution in [0.15, 0.2) is 41.3 Å². The van der Waals surface area contributed by atoms with E-state index in [9.17, 15) is 0 Å². The normalized spacial score (nSPS) is 10.5. The molecular formula is C15H16BrN7. The van der Waals surface area contributed by atoms with Gasteiger partial charge in [0.1, 0.15) is 0 Å². The molecule has 118 valence electrons. The number of hydrogen-bond acceptors (Lipinski definition) is 6. The maximum absolute atomic E-state index is 4.46. The van der Waals surface area contributed by atoms with Gasteiger partial charge < -0.3 is 10.6 Å². The number of anilines is 3. The fraction of sp³-hybridized carbons (Fsp3) is 0.200. The summed E-state index contributed by atoms with van der Waals surface area (Å²) < 4.78 is 0.769. The number of nitrogens with zero attached hydrogens (tertiary/aromatic N) is 4. The second kappa shape index (κ2) is 7.19. The van der Waals surface area contributed by atoms with Crippen molar-refractivity contribution in [1.82, 2.24) is 25.1 Å². The Bertz CT molecular complexity index is 773. The van der Waals surface area contributed by atoms with Gasteiger partial charge in [-0.25, -0.2) is 4.98 Å². The van der Waals surface area contributed by atoms with Crippen LogP contribution in [-0.4, -0.2) is 25.1 Å². The lowest BCUT2D eigenvalue weighted by Gasteiger charge is -2.08. The van der Waals surface area contributed by atoms with Crippen LogP contribution in [0.4, 0.5) is 17.6 Å². The summed E-state index contributed by atoms with van der Waals surface area (Å²) in [4.78, 5) is 12.8. The summed E-state index contributed by atoms with van der Waals surface area (Å²) in [6.45, 7) is 2.68. The van der Waals surface area contributed by atoms with Crippen LogP contribution in [0.25, 0.3) is 0 Å². The molecule has 0 saturated carbocycles. The average Bonchev–Trinajstić information content (AvgIpc) is 3.04. The zero-order valence-corrected chi connectivity index (χ0v) is 14.1. The van der Waals surface area contributed by atoms with Crippen molar-refractivity contribution in [3.63, 3.8) is 0 Å². The van der Waals surface area contributed by atoms with E-state index in [0.717, 1.165) is 28.0 Å². The number of hydrogen-bond donors (Lipinski definition) is 3. The minimum Gasteiger partial charge on any atom is -0.350 e. The number of halogens is 1. The fourth-order valence-corrected chi connectivity index (χ4v) is 2.24. The minimum atomic E-state index is 0.533. The van der Waals surface area contributed by atoms with Gasteiger partial charge in [0.05, 0.1) is 4.47 Å². The lowest BCUT2D eigenvalue weighted by molar-refractivity contribution is 0.975. The van der Waals surface area contributed by atoms with Gasteiger partial charge in [0.2, 0.25) is 5.95 Å². The summed E-state index contributed by atoms with van der Waals surface area (Å²) in [5, 5.41) is 13.5. The van der Waals surface area contributed by atoms with Crippen molar-refractivity contribution in [3.05, 3.63) is 52.5 Å². The average molecular weight is 374 g/mol. The molecule has 7 nitrogen and oxygen atoms in total. The van der Waals surface area contributed by atoms with Gasteiger partial charge in [0.15, 0.2) is 11.6 Å². The zero-order valence-electron chi connectivity index (χ0n) is 12.5. The molecule has 0 atom stereocenters. The summed E-state index contributed by atoms with van der Waals surface area (Å²) in [7, 11) is 0. The van der Waals surface area contributed by atoms with Crippen molar-refractivity contribution in [2.75, 3.05) is 10.6 Å². The van der Waals surface area contributed by atoms with Gasteiger partial charge in [-0.2, -0.15) is 10.1 Å². The van der Waals surface area contributed by atoms with Crippen LogP contribution in [0.2, 0.25) is 0 Å². The second-order valence-electron chi connectivity index (χ2n) is 4.86. The molecule has 0 saturated heterocycles. The van der Waals surface area contributed by atoms with E-state index in [1.165, 1.54) is 0 Å². The number of aromatic nitrogens is 5. The van der Waals surface area contributed by atoms with Crippen molar-refractivity contribution in [2.45, 2.75) is 19.9 Å². The second-order valence-corrected chi connectivity index (χ2v) is 5.72. The molecule has 0 fully saturated rings. The van der Waals surface area contributed by atoms with E-state index in [-0.39, 0.29) is 0 Å². The van der Waals surface area contributed by atoms with Crippen LogP contribution in [0.5, 0.6) is 0 Å². The van der Waals surface area contributed by atoms with Gasteiger partial charge in [-0.3, -0.25) is 10.1 Å². The van der Waals surface area contributed by atoms with Crippen molar-refractivity contribution >= 4 is 33.5 Å². The van der Waals surface area contributed by atoms with Crippen LogP contribution >= 0.6 is 15.9 Å². The Labute approximate surface area is 142 Å². The molecule has 0 unspecified atom stereocenters. The van der Waals surface area contributed by atoms with E-state index in [1.54, 1.807) is 18.6 Å². The third-order valence-corrected chi connectivity index (χ3v) is 3.76. The SMILES string of the molecule is CCc1cc(Nc2nc(NCc3cccnc3)ncc2Br)n[nH]1. The van der Waals surface area contributed by atoms with E-state index in [1.807, 2.05) is 18.2 Å². The summed E-state index contributed by atoms with van der Waals surface area (Å²) in [5.74, 6) is 1.91. The van der Waals surface area contributed by atoms with Crippen molar-refractivity contribution in [3.8, 4) is 0 Å². The molecule has 0 spiro atoms. The van der Waals surface area contributed by atoms with Crippen LogP contribution in [-0.2, 0) is 13.0 Å². The third-order valence-electron chi connectivity index (χ3n) is 3.18.